The minimum absolute atomic E-state index is 0.0976. The molecular formula is C21H14Cl3N7OS2. The lowest BCUT2D eigenvalue weighted by Crippen LogP contribution is -2.23. The number of nitrogens with one attached hydrogen (secondary N) is 1. The molecule has 4 rings (SSSR count). The Morgan fingerprint density at radius 3 is 2.65 bits per heavy atom. The standard InChI is InChI=1S/C11H5Cl2N3OS.C10H9ClN4S/c12-8-9(18-16-10(8)13)11(17)15-7-4-2-1-3-6(7)5-14;11-9-2-1-8(5-13-9)6-15-3-4-16-10(15)14-7-12/h1-4H,(H,15,17);1-2,5H,3-4,6H2. The highest BCUT2D eigenvalue weighted by Gasteiger charge is 2.20. The van der Waals surface area contributed by atoms with Crippen molar-refractivity contribution in [2.45, 2.75) is 6.54 Å². The molecule has 1 aliphatic heterocycles. The van der Waals surface area contributed by atoms with Crippen LogP contribution in [0.25, 0.3) is 0 Å². The van der Waals surface area contributed by atoms with Crippen LogP contribution >= 0.6 is 58.1 Å². The van der Waals surface area contributed by atoms with Crippen molar-refractivity contribution >= 4 is 74.9 Å². The van der Waals surface area contributed by atoms with Crippen LogP contribution in [0.4, 0.5) is 5.69 Å². The van der Waals surface area contributed by atoms with Crippen molar-refractivity contribution in [3.63, 3.8) is 0 Å². The number of rotatable bonds is 4. The van der Waals surface area contributed by atoms with Gasteiger partial charge in [0.25, 0.3) is 5.91 Å². The second kappa shape index (κ2) is 12.6. The Bertz CT molecular complexity index is 1280. The molecule has 0 saturated carbocycles. The first-order valence-corrected chi connectivity index (χ1v) is 12.4. The molecule has 172 valence electrons. The molecule has 13 heteroatoms. The van der Waals surface area contributed by atoms with Crippen LogP contribution in [-0.4, -0.2) is 37.6 Å². The number of carbonyl (C=O) groups excluding carboxylic acids is 1. The summed E-state index contributed by atoms with van der Waals surface area (Å²) in [6, 6.07) is 12.4. The lowest BCUT2D eigenvalue weighted by atomic mass is 10.2. The first-order valence-electron chi connectivity index (χ1n) is 9.49. The summed E-state index contributed by atoms with van der Waals surface area (Å²) in [5, 5.41) is 21.5. The van der Waals surface area contributed by atoms with Gasteiger partial charge in [-0.3, -0.25) is 4.79 Å². The molecule has 1 N–H and O–H groups in total. The Labute approximate surface area is 219 Å². The van der Waals surface area contributed by atoms with Crippen molar-refractivity contribution < 1.29 is 4.79 Å². The molecule has 1 fully saturated rings. The summed E-state index contributed by atoms with van der Waals surface area (Å²) >= 11 is 19.7. The summed E-state index contributed by atoms with van der Waals surface area (Å²) in [5.41, 5.74) is 1.86. The van der Waals surface area contributed by atoms with Crippen LogP contribution in [-0.2, 0) is 6.54 Å². The summed E-state index contributed by atoms with van der Waals surface area (Å²) in [5.74, 6) is 0.536. The number of para-hydroxylation sites is 1. The van der Waals surface area contributed by atoms with Crippen molar-refractivity contribution in [1.82, 2.24) is 14.3 Å². The maximum absolute atomic E-state index is 11.9. The van der Waals surface area contributed by atoms with Crippen LogP contribution in [0.2, 0.25) is 15.3 Å². The molecule has 1 amide bonds. The number of anilines is 1. The van der Waals surface area contributed by atoms with Gasteiger partial charge in [-0.1, -0.05) is 64.8 Å². The van der Waals surface area contributed by atoms with Crippen molar-refractivity contribution in [2.75, 3.05) is 17.6 Å². The number of carbonyl (C=O) groups is 1. The maximum Gasteiger partial charge on any atom is 0.269 e. The SMILES string of the molecule is N#CN=C1SCCN1Cc1ccc(Cl)nc1.N#Cc1ccccc1NC(=O)c1snc(Cl)c1Cl. The first-order chi connectivity index (χ1) is 16.4. The predicted molar refractivity (Wildman–Crippen MR) is 136 cm³/mol. The normalized spacial score (nSPS) is 13.6. The largest absolute Gasteiger partial charge is 0.345 e. The third-order valence-electron chi connectivity index (χ3n) is 4.27. The first kappa shape index (κ1) is 25.8. The van der Waals surface area contributed by atoms with Gasteiger partial charge in [0.1, 0.15) is 21.1 Å². The van der Waals surface area contributed by atoms with E-state index in [2.05, 4.69) is 24.6 Å². The molecule has 34 heavy (non-hydrogen) atoms. The van der Waals surface area contributed by atoms with Gasteiger partial charge in [-0.15, -0.1) is 4.99 Å². The molecule has 8 nitrogen and oxygen atoms in total. The quantitative estimate of drug-likeness (QED) is 0.327. The van der Waals surface area contributed by atoms with Crippen LogP contribution in [0, 0.1) is 22.8 Å². The number of pyridine rings is 1. The van der Waals surface area contributed by atoms with Gasteiger partial charge < -0.3 is 10.2 Å². The summed E-state index contributed by atoms with van der Waals surface area (Å²) < 4.78 is 3.77. The van der Waals surface area contributed by atoms with Crippen molar-refractivity contribution in [1.29, 1.82) is 10.5 Å². The molecule has 3 heterocycles. The van der Waals surface area contributed by atoms with E-state index in [4.69, 9.17) is 45.3 Å². The molecular weight excluding hydrogens is 537 g/mol. The summed E-state index contributed by atoms with van der Waals surface area (Å²) in [6.07, 6.45) is 3.57. The van der Waals surface area contributed by atoms with Crippen LogP contribution in [0.3, 0.4) is 0 Å². The average molecular weight is 551 g/mol. The van der Waals surface area contributed by atoms with Crippen molar-refractivity contribution in [3.05, 3.63) is 73.9 Å². The third kappa shape index (κ3) is 6.83. The third-order valence-corrected chi connectivity index (χ3v) is 7.28. The van der Waals surface area contributed by atoms with Crippen molar-refractivity contribution in [3.8, 4) is 12.3 Å². The number of thioether (sulfide) groups is 1. The number of nitrogens with zero attached hydrogens (tertiary/aromatic N) is 6. The second-order valence-electron chi connectivity index (χ2n) is 6.48. The second-order valence-corrected chi connectivity index (χ2v) is 9.44. The molecule has 2 aromatic heterocycles. The maximum atomic E-state index is 11.9. The van der Waals surface area contributed by atoms with E-state index in [9.17, 15) is 4.79 Å². The van der Waals surface area contributed by atoms with Gasteiger partial charge in [0.2, 0.25) is 6.19 Å². The Morgan fingerprint density at radius 1 is 1.21 bits per heavy atom. The minimum Gasteiger partial charge on any atom is -0.345 e. The minimum atomic E-state index is -0.438. The summed E-state index contributed by atoms with van der Waals surface area (Å²) in [6.45, 7) is 1.63. The molecule has 0 atom stereocenters. The molecule has 1 aliphatic rings. The van der Waals surface area contributed by atoms with E-state index in [-0.39, 0.29) is 15.1 Å². The van der Waals surface area contributed by atoms with Gasteiger partial charge >= 0.3 is 0 Å². The fraction of sp³-hybridized carbons (Fsp3) is 0.143. The van der Waals surface area contributed by atoms with E-state index >= 15 is 0 Å². The number of aliphatic imine (C=N–C) groups is 1. The van der Waals surface area contributed by atoms with E-state index < -0.39 is 5.91 Å². The zero-order chi connectivity index (χ0) is 24.5. The fourth-order valence-electron chi connectivity index (χ4n) is 2.72. The van der Waals surface area contributed by atoms with Crippen LogP contribution in [0.1, 0.15) is 20.8 Å². The lowest BCUT2D eigenvalue weighted by Gasteiger charge is -2.16. The number of nitriles is 2. The fourth-order valence-corrected chi connectivity index (χ4v) is 4.88. The lowest BCUT2D eigenvalue weighted by molar-refractivity contribution is 0.103. The van der Waals surface area contributed by atoms with Gasteiger partial charge in [-0.2, -0.15) is 14.9 Å². The van der Waals surface area contributed by atoms with E-state index in [1.807, 2.05) is 18.3 Å². The number of halogens is 3. The molecule has 1 aromatic carbocycles. The Morgan fingerprint density at radius 2 is 2.00 bits per heavy atom. The Hall–Kier alpha value is -2.86. The van der Waals surface area contributed by atoms with Gasteiger partial charge in [0.15, 0.2) is 10.3 Å². The molecule has 0 radical (unpaired) electrons. The average Bonchev–Trinajstić information content (AvgIpc) is 3.42. The smallest absolute Gasteiger partial charge is 0.269 e. The molecule has 1 saturated heterocycles. The van der Waals surface area contributed by atoms with Gasteiger partial charge in [0.05, 0.1) is 11.3 Å². The summed E-state index contributed by atoms with van der Waals surface area (Å²) in [4.78, 5) is 22.0. The van der Waals surface area contributed by atoms with Gasteiger partial charge in [0, 0.05) is 25.0 Å². The number of amidine groups is 1. The Kier molecular flexibility index (Phi) is 9.52. The van der Waals surface area contributed by atoms with Gasteiger partial charge in [-0.05, 0) is 35.3 Å². The van der Waals surface area contributed by atoms with Gasteiger partial charge in [-0.25, -0.2) is 4.98 Å². The number of amides is 1. The van der Waals surface area contributed by atoms with E-state index in [1.54, 1.807) is 48.3 Å². The Balaban J connectivity index is 0.000000192. The predicted octanol–water partition coefficient (Wildman–Crippen LogP) is 5.69. The zero-order valence-electron chi connectivity index (χ0n) is 17.2. The highest BCUT2D eigenvalue weighted by Crippen LogP contribution is 2.29. The zero-order valence-corrected chi connectivity index (χ0v) is 21.1. The van der Waals surface area contributed by atoms with E-state index in [0.29, 0.717) is 16.4 Å². The van der Waals surface area contributed by atoms with Crippen LogP contribution in [0.15, 0.2) is 47.6 Å². The topological polar surface area (TPSA) is 118 Å². The van der Waals surface area contributed by atoms with Crippen molar-refractivity contribution in [2.24, 2.45) is 4.99 Å². The highest BCUT2D eigenvalue weighted by atomic mass is 35.5. The molecule has 0 spiro atoms. The van der Waals surface area contributed by atoms with E-state index in [0.717, 1.165) is 41.1 Å². The summed E-state index contributed by atoms with van der Waals surface area (Å²) in [7, 11) is 0. The van der Waals surface area contributed by atoms with Crippen LogP contribution in [0.5, 0.6) is 0 Å². The number of hydrogen-bond acceptors (Lipinski definition) is 8. The molecule has 0 aliphatic carbocycles. The molecule has 0 bridgehead atoms. The molecule has 3 aromatic rings. The number of hydrogen-bond donors (Lipinski definition) is 1. The van der Waals surface area contributed by atoms with Crippen LogP contribution < -0.4 is 5.32 Å². The number of aromatic nitrogens is 2. The highest BCUT2D eigenvalue weighted by molar-refractivity contribution is 8.14. The monoisotopic (exact) mass is 549 g/mol. The molecule has 0 unspecified atom stereocenters. The number of benzene rings is 1. The van der Waals surface area contributed by atoms with E-state index in [1.165, 1.54) is 0 Å².